The van der Waals surface area contributed by atoms with Crippen molar-refractivity contribution in [2.75, 3.05) is 6.79 Å². The van der Waals surface area contributed by atoms with Gasteiger partial charge in [0, 0.05) is 12.5 Å². The van der Waals surface area contributed by atoms with Crippen molar-refractivity contribution in [3.05, 3.63) is 34.3 Å². The van der Waals surface area contributed by atoms with Crippen LogP contribution in [0.3, 0.4) is 0 Å². The Morgan fingerprint density at radius 3 is 3.05 bits per heavy atom. The molecule has 0 aromatic heterocycles. The van der Waals surface area contributed by atoms with Crippen molar-refractivity contribution in [1.29, 1.82) is 0 Å². The second kappa shape index (κ2) is 5.87. The van der Waals surface area contributed by atoms with E-state index in [1.165, 1.54) is 0 Å². The van der Waals surface area contributed by atoms with Crippen LogP contribution in [0.5, 0.6) is 11.5 Å². The maximum Gasteiger partial charge on any atom is 0.231 e. The molecule has 0 unspecified atom stereocenters. The number of halogens is 1. The highest BCUT2D eigenvalue weighted by Gasteiger charge is 2.20. The van der Waals surface area contributed by atoms with E-state index in [4.69, 9.17) is 9.47 Å². The molecule has 0 saturated carbocycles. The Hall–Kier alpha value is -1.49. The number of nitrogens with one attached hydrogen (secondary N) is 1. The monoisotopic (exact) mass is 337 g/mol. The van der Waals surface area contributed by atoms with Crippen molar-refractivity contribution in [1.82, 2.24) is 5.32 Å². The van der Waals surface area contributed by atoms with Crippen molar-refractivity contribution in [3.63, 3.8) is 0 Å². The van der Waals surface area contributed by atoms with Crippen molar-refractivity contribution < 1.29 is 14.3 Å². The van der Waals surface area contributed by atoms with Gasteiger partial charge in [0.1, 0.15) is 0 Å². The van der Waals surface area contributed by atoms with Crippen LogP contribution in [-0.2, 0) is 11.3 Å². The molecule has 1 N–H and O–H groups in total. The molecule has 1 heterocycles. The number of allylic oxidation sites excluding steroid dienone is 2. The maximum absolute atomic E-state index is 12.1. The number of carbonyl (C=O) groups excluding carboxylic acids is 1. The van der Waals surface area contributed by atoms with Gasteiger partial charge in [-0.3, -0.25) is 4.79 Å². The third-order valence-electron chi connectivity index (χ3n) is 3.59. The van der Waals surface area contributed by atoms with Crippen molar-refractivity contribution in [2.45, 2.75) is 25.8 Å². The van der Waals surface area contributed by atoms with Crippen LogP contribution in [0.4, 0.5) is 0 Å². The summed E-state index contributed by atoms with van der Waals surface area (Å²) in [6.07, 6.45) is 7.00. The molecule has 0 bridgehead atoms. The number of amides is 1. The molecule has 1 amide bonds. The first-order valence-corrected chi connectivity index (χ1v) is 7.54. The zero-order valence-corrected chi connectivity index (χ0v) is 12.6. The first-order chi connectivity index (χ1) is 9.74. The molecule has 1 aromatic rings. The average Bonchev–Trinajstić information content (AvgIpc) is 2.94. The summed E-state index contributed by atoms with van der Waals surface area (Å²) in [5.41, 5.74) is 1.00. The minimum atomic E-state index is 0.109. The second-order valence-corrected chi connectivity index (χ2v) is 5.86. The summed E-state index contributed by atoms with van der Waals surface area (Å²) in [5, 5.41) is 3.00. The molecule has 1 atom stereocenters. The molecule has 1 aromatic carbocycles. The summed E-state index contributed by atoms with van der Waals surface area (Å²) in [7, 11) is 0. The molecule has 2 aliphatic rings. The third-order valence-corrected chi connectivity index (χ3v) is 4.18. The zero-order valence-electron chi connectivity index (χ0n) is 11.0. The van der Waals surface area contributed by atoms with E-state index in [-0.39, 0.29) is 18.6 Å². The highest BCUT2D eigenvalue weighted by atomic mass is 79.9. The van der Waals surface area contributed by atoms with Crippen molar-refractivity contribution in [2.24, 2.45) is 5.92 Å². The molecule has 0 spiro atoms. The van der Waals surface area contributed by atoms with Crippen LogP contribution in [0.15, 0.2) is 28.8 Å². The van der Waals surface area contributed by atoms with Crippen LogP contribution in [0.1, 0.15) is 24.8 Å². The number of benzene rings is 1. The lowest BCUT2D eigenvalue weighted by atomic mass is 9.93. The number of carbonyl (C=O) groups is 1. The first-order valence-electron chi connectivity index (χ1n) is 6.75. The average molecular weight is 338 g/mol. The molecular formula is C15H16BrNO3. The van der Waals surface area contributed by atoms with Crippen LogP contribution in [0, 0.1) is 5.92 Å². The Bertz CT molecular complexity index is 556. The Morgan fingerprint density at radius 1 is 1.35 bits per heavy atom. The summed E-state index contributed by atoms with van der Waals surface area (Å²) in [6.45, 7) is 0.756. The molecule has 0 radical (unpaired) electrons. The van der Waals surface area contributed by atoms with E-state index in [1.54, 1.807) is 0 Å². The van der Waals surface area contributed by atoms with Gasteiger partial charge in [0.25, 0.3) is 0 Å². The highest BCUT2D eigenvalue weighted by molar-refractivity contribution is 9.10. The highest BCUT2D eigenvalue weighted by Crippen LogP contribution is 2.39. The molecule has 4 nitrogen and oxygen atoms in total. The number of ether oxygens (including phenoxy) is 2. The number of hydrogen-bond acceptors (Lipinski definition) is 3. The summed E-state index contributed by atoms with van der Waals surface area (Å²) >= 11 is 3.45. The van der Waals surface area contributed by atoms with Crippen LogP contribution in [0.25, 0.3) is 0 Å². The maximum atomic E-state index is 12.1. The van der Waals surface area contributed by atoms with E-state index in [9.17, 15) is 4.79 Å². The lowest BCUT2D eigenvalue weighted by Crippen LogP contribution is -2.30. The predicted octanol–water partition coefficient (Wildman–Crippen LogP) is 3.15. The van der Waals surface area contributed by atoms with E-state index < -0.39 is 0 Å². The predicted molar refractivity (Wildman–Crippen MR) is 78.6 cm³/mol. The van der Waals surface area contributed by atoms with Gasteiger partial charge in [-0.05, 0) is 52.9 Å². The molecule has 1 aliphatic carbocycles. The smallest absolute Gasteiger partial charge is 0.231 e. The van der Waals surface area contributed by atoms with Gasteiger partial charge in [-0.25, -0.2) is 0 Å². The van der Waals surface area contributed by atoms with Crippen LogP contribution >= 0.6 is 15.9 Å². The summed E-state index contributed by atoms with van der Waals surface area (Å²) < 4.78 is 11.6. The van der Waals surface area contributed by atoms with Crippen molar-refractivity contribution in [3.8, 4) is 11.5 Å². The zero-order chi connectivity index (χ0) is 13.9. The Kier molecular flexibility index (Phi) is 3.96. The largest absolute Gasteiger partial charge is 0.454 e. The van der Waals surface area contributed by atoms with Crippen LogP contribution < -0.4 is 14.8 Å². The van der Waals surface area contributed by atoms with E-state index >= 15 is 0 Å². The fraction of sp³-hybridized carbons (Fsp3) is 0.400. The molecule has 5 heteroatoms. The van der Waals surface area contributed by atoms with Crippen LogP contribution in [-0.4, -0.2) is 12.7 Å². The SMILES string of the molecule is O=C(NCc1cc(Br)c2c(c1)OCO2)[C@H]1CC=CCC1. The minimum absolute atomic E-state index is 0.109. The first kappa shape index (κ1) is 13.5. The van der Waals surface area contributed by atoms with Gasteiger partial charge in [0.05, 0.1) is 4.47 Å². The van der Waals surface area contributed by atoms with Crippen LogP contribution in [0.2, 0.25) is 0 Å². The van der Waals surface area contributed by atoms with Gasteiger partial charge < -0.3 is 14.8 Å². The Balaban J connectivity index is 1.62. The van der Waals surface area contributed by atoms with Crippen molar-refractivity contribution >= 4 is 21.8 Å². The van der Waals surface area contributed by atoms with E-state index in [0.29, 0.717) is 6.54 Å². The summed E-state index contributed by atoms with van der Waals surface area (Å²) in [6, 6.07) is 3.86. The van der Waals surface area contributed by atoms with E-state index in [1.807, 2.05) is 12.1 Å². The van der Waals surface area contributed by atoms with Gasteiger partial charge in [0.15, 0.2) is 11.5 Å². The lowest BCUT2D eigenvalue weighted by Gasteiger charge is -2.17. The Labute approximate surface area is 126 Å². The minimum Gasteiger partial charge on any atom is -0.454 e. The summed E-state index contributed by atoms with van der Waals surface area (Å²) in [4.78, 5) is 12.1. The number of fused-ring (bicyclic) bond motifs is 1. The van der Waals surface area contributed by atoms with Gasteiger partial charge in [0.2, 0.25) is 12.7 Å². The Morgan fingerprint density at radius 2 is 2.25 bits per heavy atom. The molecule has 0 saturated heterocycles. The lowest BCUT2D eigenvalue weighted by molar-refractivity contribution is -0.125. The summed E-state index contributed by atoms with van der Waals surface area (Å²) in [5.74, 6) is 1.70. The normalized spacial score (nSPS) is 19.9. The molecule has 106 valence electrons. The number of hydrogen-bond donors (Lipinski definition) is 1. The fourth-order valence-electron chi connectivity index (χ4n) is 2.49. The topological polar surface area (TPSA) is 47.6 Å². The quantitative estimate of drug-likeness (QED) is 0.862. The third kappa shape index (κ3) is 2.82. The van der Waals surface area contributed by atoms with Gasteiger partial charge in [-0.1, -0.05) is 12.2 Å². The number of rotatable bonds is 3. The molecule has 20 heavy (non-hydrogen) atoms. The van der Waals surface area contributed by atoms with Gasteiger partial charge in [-0.2, -0.15) is 0 Å². The molecule has 1 aliphatic heterocycles. The van der Waals surface area contributed by atoms with E-state index in [0.717, 1.165) is 40.8 Å². The molecule has 0 fully saturated rings. The van der Waals surface area contributed by atoms with Gasteiger partial charge in [-0.15, -0.1) is 0 Å². The molecule has 3 rings (SSSR count). The standard InChI is InChI=1S/C15H16BrNO3/c16-12-6-10(7-13-14(12)20-9-19-13)8-17-15(18)11-4-2-1-3-5-11/h1-2,6-7,11H,3-5,8-9H2,(H,17,18)/t11-/m0/s1. The van der Waals surface area contributed by atoms with Gasteiger partial charge >= 0.3 is 0 Å². The van der Waals surface area contributed by atoms with E-state index in [2.05, 4.69) is 33.4 Å². The fourth-order valence-corrected chi connectivity index (χ4v) is 3.09. The molecular weight excluding hydrogens is 322 g/mol. The second-order valence-electron chi connectivity index (χ2n) is 5.01.